The van der Waals surface area contributed by atoms with E-state index in [4.69, 9.17) is 17.4 Å². The van der Waals surface area contributed by atoms with Gasteiger partial charge in [0.05, 0.1) is 21.9 Å². The third-order valence-corrected chi connectivity index (χ3v) is 5.34. The molecular formula is C14H17Br2ClN4. The van der Waals surface area contributed by atoms with Gasteiger partial charge in [0.15, 0.2) is 0 Å². The molecule has 0 fully saturated rings. The second kappa shape index (κ2) is 7.24. The van der Waals surface area contributed by atoms with Crippen LogP contribution in [0.2, 0.25) is 5.02 Å². The molecule has 0 saturated heterocycles. The van der Waals surface area contributed by atoms with Crippen LogP contribution in [0.5, 0.6) is 0 Å². The summed E-state index contributed by atoms with van der Waals surface area (Å²) < 4.78 is 3.97. The van der Waals surface area contributed by atoms with Crippen molar-refractivity contribution in [3.05, 3.63) is 49.1 Å². The number of aromatic nitrogens is 2. The van der Waals surface area contributed by atoms with Crippen molar-refractivity contribution in [1.82, 2.24) is 15.2 Å². The minimum Gasteiger partial charge on any atom is -0.271 e. The molecule has 2 aromatic rings. The number of halogens is 3. The quantitative estimate of drug-likeness (QED) is 0.547. The number of nitrogens with two attached hydrogens (primary N) is 1. The summed E-state index contributed by atoms with van der Waals surface area (Å²) >= 11 is 13.2. The van der Waals surface area contributed by atoms with E-state index in [0.717, 1.165) is 38.9 Å². The Hall–Kier alpha value is -0.400. The maximum absolute atomic E-state index is 6.00. The molecule has 114 valence electrons. The van der Waals surface area contributed by atoms with Crippen molar-refractivity contribution in [2.75, 3.05) is 0 Å². The summed E-state index contributed by atoms with van der Waals surface area (Å²) in [6.07, 6.45) is 0.728. The monoisotopic (exact) mass is 434 g/mol. The van der Waals surface area contributed by atoms with Crippen LogP contribution in [0.15, 0.2) is 27.1 Å². The minimum atomic E-state index is -0.0330. The first-order valence-corrected chi connectivity index (χ1v) is 8.57. The van der Waals surface area contributed by atoms with E-state index in [1.807, 2.05) is 29.8 Å². The van der Waals surface area contributed by atoms with Gasteiger partial charge in [-0.3, -0.25) is 16.0 Å². The highest BCUT2D eigenvalue weighted by molar-refractivity contribution is 9.10. The van der Waals surface area contributed by atoms with Gasteiger partial charge in [-0.15, -0.1) is 0 Å². The van der Waals surface area contributed by atoms with Crippen molar-refractivity contribution in [3.63, 3.8) is 0 Å². The number of benzene rings is 1. The summed E-state index contributed by atoms with van der Waals surface area (Å²) in [6.45, 7) is 4.88. The fourth-order valence-corrected chi connectivity index (χ4v) is 3.70. The Kier molecular flexibility index (Phi) is 5.85. The SMILES string of the molecule is CCn1nc(C)c(Br)c1CC(NN)c1ccc(Cl)cc1Br. The molecule has 1 heterocycles. The summed E-state index contributed by atoms with van der Waals surface area (Å²) in [5, 5.41) is 5.21. The molecule has 1 aromatic carbocycles. The van der Waals surface area contributed by atoms with Gasteiger partial charge in [-0.2, -0.15) is 5.10 Å². The molecule has 0 spiro atoms. The Morgan fingerprint density at radius 2 is 2.14 bits per heavy atom. The second-order valence-corrected chi connectivity index (χ2v) is 6.83. The highest BCUT2D eigenvalue weighted by Crippen LogP contribution is 2.31. The average Bonchev–Trinajstić information content (AvgIpc) is 2.72. The van der Waals surface area contributed by atoms with E-state index >= 15 is 0 Å². The Balaban J connectivity index is 2.35. The molecule has 0 saturated carbocycles. The van der Waals surface area contributed by atoms with E-state index in [0.29, 0.717) is 5.02 Å². The Bertz CT molecular complexity index is 642. The predicted molar refractivity (Wildman–Crippen MR) is 93.3 cm³/mol. The molecule has 7 heteroatoms. The van der Waals surface area contributed by atoms with Gasteiger partial charge in [-0.05, 0) is 47.5 Å². The lowest BCUT2D eigenvalue weighted by atomic mass is 10.0. The van der Waals surface area contributed by atoms with Gasteiger partial charge in [0.2, 0.25) is 0 Å². The van der Waals surface area contributed by atoms with Crippen LogP contribution in [0.1, 0.15) is 29.9 Å². The molecule has 2 rings (SSSR count). The van der Waals surface area contributed by atoms with Gasteiger partial charge in [0, 0.05) is 22.5 Å². The first-order chi connectivity index (χ1) is 9.97. The van der Waals surface area contributed by atoms with Crippen LogP contribution in [0, 0.1) is 6.92 Å². The summed E-state index contributed by atoms with van der Waals surface area (Å²) in [4.78, 5) is 0. The van der Waals surface area contributed by atoms with E-state index in [2.05, 4.69) is 49.3 Å². The van der Waals surface area contributed by atoms with Crippen molar-refractivity contribution in [2.45, 2.75) is 32.9 Å². The number of hydrogen-bond acceptors (Lipinski definition) is 3. The van der Waals surface area contributed by atoms with Gasteiger partial charge in [0.25, 0.3) is 0 Å². The lowest BCUT2D eigenvalue weighted by Crippen LogP contribution is -2.30. The summed E-state index contributed by atoms with van der Waals surface area (Å²) in [5.41, 5.74) is 6.05. The van der Waals surface area contributed by atoms with Gasteiger partial charge in [-0.25, -0.2) is 0 Å². The Morgan fingerprint density at radius 1 is 1.43 bits per heavy atom. The third kappa shape index (κ3) is 3.68. The van der Waals surface area contributed by atoms with E-state index < -0.39 is 0 Å². The summed E-state index contributed by atoms with van der Waals surface area (Å²) in [5.74, 6) is 5.76. The third-order valence-electron chi connectivity index (χ3n) is 3.39. The number of aryl methyl sites for hydroxylation is 2. The van der Waals surface area contributed by atoms with Crippen LogP contribution in [0.4, 0.5) is 0 Å². The van der Waals surface area contributed by atoms with Gasteiger partial charge in [0.1, 0.15) is 0 Å². The molecule has 0 aliphatic heterocycles. The number of rotatable bonds is 5. The number of hydrogen-bond donors (Lipinski definition) is 2. The van der Waals surface area contributed by atoms with E-state index in [1.54, 1.807) is 0 Å². The van der Waals surface area contributed by atoms with Crippen molar-refractivity contribution in [3.8, 4) is 0 Å². The molecule has 0 bridgehead atoms. The number of nitrogens with one attached hydrogen (secondary N) is 1. The van der Waals surface area contributed by atoms with Crippen LogP contribution in [0.3, 0.4) is 0 Å². The Labute approximate surface area is 146 Å². The molecule has 0 amide bonds. The van der Waals surface area contributed by atoms with Crippen molar-refractivity contribution in [1.29, 1.82) is 0 Å². The lowest BCUT2D eigenvalue weighted by Gasteiger charge is -2.19. The second-order valence-electron chi connectivity index (χ2n) is 4.75. The standard InChI is InChI=1S/C14H17Br2ClN4/c1-3-21-13(14(16)8(2)20-21)7-12(19-18)10-5-4-9(17)6-11(10)15/h4-6,12,19H,3,7,18H2,1-2H3. The van der Waals surface area contributed by atoms with E-state index in [1.165, 1.54) is 0 Å². The van der Waals surface area contributed by atoms with Crippen molar-refractivity contribution in [2.24, 2.45) is 5.84 Å². The fraction of sp³-hybridized carbons (Fsp3) is 0.357. The van der Waals surface area contributed by atoms with E-state index in [9.17, 15) is 0 Å². The molecule has 21 heavy (non-hydrogen) atoms. The molecule has 1 atom stereocenters. The zero-order valence-electron chi connectivity index (χ0n) is 11.8. The molecule has 1 aromatic heterocycles. The van der Waals surface area contributed by atoms with Crippen LogP contribution < -0.4 is 11.3 Å². The topological polar surface area (TPSA) is 55.9 Å². The summed E-state index contributed by atoms with van der Waals surface area (Å²) in [6, 6.07) is 5.68. The number of nitrogens with zero attached hydrogens (tertiary/aromatic N) is 2. The maximum Gasteiger partial charge on any atom is 0.0738 e. The number of hydrazine groups is 1. The van der Waals surface area contributed by atoms with Crippen LogP contribution >= 0.6 is 43.5 Å². The van der Waals surface area contributed by atoms with Crippen LogP contribution in [0.25, 0.3) is 0 Å². The van der Waals surface area contributed by atoms with Crippen LogP contribution in [-0.4, -0.2) is 9.78 Å². The van der Waals surface area contributed by atoms with Crippen molar-refractivity contribution < 1.29 is 0 Å². The van der Waals surface area contributed by atoms with E-state index in [-0.39, 0.29) is 6.04 Å². The first kappa shape index (κ1) is 17.0. The molecule has 0 aliphatic rings. The normalized spacial score (nSPS) is 12.7. The molecule has 0 radical (unpaired) electrons. The van der Waals surface area contributed by atoms with Gasteiger partial charge in [-0.1, -0.05) is 33.6 Å². The van der Waals surface area contributed by atoms with Crippen LogP contribution in [-0.2, 0) is 13.0 Å². The Morgan fingerprint density at radius 3 is 2.71 bits per heavy atom. The molecule has 1 unspecified atom stereocenters. The lowest BCUT2D eigenvalue weighted by molar-refractivity contribution is 0.514. The fourth-order valence-electron chi connectivity index (χ4n) is 2.30. The first-order valence-electron chi connectivity index (χ1n) is 6.60. The summed E-state index contributed by atoms with van der Waals surface area (Å²) in [7, 11) is 0. The smallest absolute Gasteiger partial charge is 0.0738 e. The molecule has 4 nitrogen and oxygen atoms in total. The zero-order chi connectivity index (χ0) is 15.6. The molecule has 3 N–H and O–H groups in total. The zero-order valence-corrected chi connectivity index (χ0v) is 15.8. The highest BCUT2D eigenvalue weighted by Gasteiger charge is 2.20. The predicted octanol–water partition coefficient (Wildman–Crippen LogP) is 4.14. The van der Waals surface area contributed by atoms with Gasteiger partial charge >= 0.3 is 0 Å². The average molecular weight is 437 g/mol. The maximum atomic E-state index is 6.00. The molecular weight excluding hydrogens is 419 g/mol. The molecule has 0 aliphatic carbocycles. The minimum absolute atomic E-state index is 0.0330. The largest absolute Gasteiger partial charge is 0.271 e. The van der Waals surface area contributed by atoms with Crippen molar-refractivity contribution >= 4 is 43.5 Å². The van der Waals surface area contributed by atoms with Gasteiger partial charge < -0.3 is 0 Å². The highest BCUT2D eigenvalue weighted by atomic mass is 79.9.